The van der Waals surface area contributed by atoms with E-state index in [4.69, 9.17) is 0 Å². The number of aromatic hydroxyl groups is 1. The maximum Gasteiger partial charge on any atom is 0.120 e. The quantitative estimate of drug-likeness (QED) is 0.880. The third-order valence-electron chi connectivity index (χ3n) is 3.31. The number of benzene rings is 1. The first kappa shape index (κ1) is 12.9. The van der Waals surface area contributed by atoms with Gasteiger partial charge < -0.3 is 10.4 Å². The molecule has 1 aromatic carbocycles. The number of nitrogens with one attached hydrogen (secondary N) is 1. The Kier molecular flexibility index (Phi) is 4.07. The summed E-state index contributed by atoms with van der Waals surface area (Å²) in [4.78, 5) is 2.41. The lowest BCUT2D eigenvalue weighted by atomic mass is 10.1. The van der Waals surface area contributed by atoms with Gasteiger partial charge in [-0.05, 0) is 32.0 Å². The lowest BCUT2D eigenvalue weighted by Crippen LogP contribution is -2.53. The molecular formula is C13H19BrN2O. The van der Waals surface area contributed by atoms with E-state index in [-0.39, 0.29) is 0 Å². The first-order chi connectivity index (χ1) is 8.06. The van der Waals surface area contributed by atoms with Crippen LogP contribution in [0.1, 0.15) is 19.4 Å². The van der Waals surface area contributed by atoms with Crippen LogP contribution in [-0.2, 0) is 6.54 Å². The van der Waals surface area contributed by atoms with Crippen molar-refractivity contribution in [3.8, 4) is 5.75 Å². The molecule has 1 aromatic rings. The van der Waals surface area contributed by atoms with Crippen molar-refractivity contribution in [2.75, 3.05) is 13.1 Å². The zero-order valence-corrected chi connectivity index (χ0v) is 11.9. The highest BCUT2D eigenvalue weighted by atomic mass is 79.9. The number of phenolic OH excluding ortho intramolecular Hbond substituents is 1. The zero-order valence-electron chi connectivity index (χ0n) is 10.3. The molecule has 2 rings (SSSR count). The predicted octanol–water partition coefficient (Wildman–Crippen LogP) is 2.34. The number of hydrogen-bond acceptors (Lipinski definition) is 3. The van der Waals surface area contributed by atoms with Gasteiger partial charge in [-0.15, -0.1) is 0 Å². The van der Waals surface area contributed by atoms with E-state index in [0.717, 1.165) is 29.7 Å². The molecule has 3 nitrogen and oxygen atoms in total. The van der Waals surface area contributed by atoms with Crippen molar-refractivity contribution in [2.24, 2.45) is 0 Å². The highest BCUT2D eigenvalue weighted by molar-refractivity contribution is 9.10. The van der Waals surface area contributed by atoms with Crippen molar-refractivity contribution in [2.45, 2.75) is 32.5 Å². The molecule has 0 spiro atoms. The van der Waals surface area contributed by atoms with Crippen LogP contribution in [0, 0.1) is 0 Å². The van der Waals surface area contributed by atoms with E-state index in [1.165, 1.54) is 0 Å². The number of hydrogen-bond donors (Lipinski definition) is 2. The van der Waals surface area contributed by atoms with Gasteiger partial charge in [-0.25, -0.2) is 0 Å². The van der Waals surface area contributed by atoms with E-state index in [9.17, 15) is 5.11 Å². The Morgan fingerprint density at radius 2 is 2.24 bits per heavy atom. The number of phenols is 1. The average molecular weight is 299 g/mol. The molecule has 1 aliphatic heterocycles. The van der Waals surface area contributed by atoms with Crippen LogP contribution in [0.3, 0.4) is 0 Å². The van der Waals surface area contributed by atoms with Gasteiger partial charge in [-0.3, -0.25) is 4.90 Å². The summed E-state index contributed by atoms with van der Waals surface area (Å²) >= 11 is 3.45. The molecule has 1 heterocycles. The minimum Gasteiger partial charge on any atom is -0.508 e. The minimum absolute atomic E-state index is 0.381. The Morgan fingerprint density at radius 1 is 1.47 bits per heavy atom. The second-order valence-electron chi connectivity index (χ2n) is 4.86. The highest BCUT2D eigenvalue weighted by Crippen LogP contribution is 2.24. The van der Waals surface area contributed by atoms with Gasteiger partial charge in [0, 0.05) is 41.8 Å². The van der Waals surface area contributed by atoms with Gasteiger partial charge in [0.2, 0.25) is 0 Å². The van der Waals surface area contributed by atoms with E-state index in [0.29, 0.717) is 17.8 Å². The van der Waals surface area contributed by atoms with E-state index >= 15 is 0 Å². The van der Waals surface area contributed by atoms with Crippen molar-refractivity contribution >= 4 is 15.9 Å². The van der Waals surface area contributed by atoms with Crippen LogP contribution in [0.5, 0.6) is 5.75 Å². The third-order valence-corrected chi connectivity index (χ3v) is 3.80. The number of halogens is 1. The van der Waals surface area contributed by atoms with Gasteiger partial charge in [0.05, 0.1) is 0 Å². The molecule has 94 valence electrons. The molecule has 0 amide bonds. The summed E-state index contributed by atoms with van der Waals surface area (Å²) in [6.07, 6.45) is 0. The Bertz CT molecular complexity index is 397. The molecule has 0 aromatic heterocycles. The summed E-state index contributed by atoms with van der Waals surface area (Å²) in [5, 5.41) is 13.3. The summed E-state index contributed by atoms with van der Waals surface area (Å²) in [7, 11) is 0. The fourth-order valence-corrected chi connectivity index (χ4v) is 2.63. The minimum atomic E-state index is 0.381. The molecule has 2 unspecified atom stereocenters. The van der Waals surface area contributed by atoms with Gasteiger partial charge in [0.25, 0.3) is 0 Å². The van der Waals surface area contributed by atoms with Gasteiger partial charge in [0.15, 0.2) is 0 Å². The molecule has 4 heteroatoms. The van der Waals surface area contributed by atoms with Gasteiger partial charge in [-0.2, -0.15) is 0 Å². The van der Waals surface area contributed by atoms with Gasteiger partial charge >= 0.3 is 0 Å². The maximum absolute atomic E-state index is 9.85. The molecule has 0 aliphatic carbocycles. The van der Waals surface area contributed by atoms with Crippen molar-refractivity contribution in [1.29, 1.82) is 0 Å². The lowest BCUT2D eigenvalue weighted by Gasteiger charge is -2.37. The Hall–Kier alpha value is -0.580. The summed E-state index contributed by atoms with van der Waals surface area (Å²) < 4.78 is 1.01. The molecule has 1 saturated heterocycles. The van der Waals surface area contributed by atoms with Crippen molar-refractivity contribution in [3.05, 3.63) is 28.2 Å². The largest absolute Gasteiger partial charge is 0.508 e. The molecule has 1 aliphatic rings. The lowest BCUT2D eigenvalue weighted by molar-refractivity contribution is 0.137. The van der Waals surface area contributed by atoms with Crippen LogP contribution in [-0.4, -0.2) is 35.2 Å². The van der Waals surface area contributed by atoms with Crippen molar-refractivity contribution in [3.63, 3.8) is 0 Å². The van der Waals surface area contributed by atoms with E-state index in [2.05, 4.69) is 40.0 Å². The monoisotopic (exact) mass is 298 g/mol. The first-order valence-corrected chi connectivity index (χ1v) is 6.80. The Balaban J connectivity index is 2.11. The topological polar surface area (TPSA) is 35.5 Å². The fraction of sp³-hybridized carbons (Fsp3) is 0.538. The number of rotatable bonds is 2. The molecule has 0 saturated carbocycles. The number of piperazine rings is 1. The van der Waals surface area contributed by atoms with Crippen LogP contribution >= 0.6 is 15.9 Å². The maximum atomic E-state index is 9.85. The zero-order chi connectivity index (χ0) is 12.4. The molecule has 1 fully saturated rings. The average Bonchev–Trinajstić information content (AvgIpc) is 2.28. The van der Waals surface area contributed by atoms with Crippen LogP contribution < -0.4 is 5.32 Å². The van der Waals surface area contributed by atoms with Crippen LogP contribution in [0.15, 0.2) is 22.7 Å². The molecule has 17 heavy (non-hydrogen) atoms. The smallest absolute Gasteiger partial charge is 0.120 e. The molecule has 0 bridgehead atoms. The standard InChI is InChI=1S/C13H19BrN2O/c1-9-7-16(10(2)6-15-9)8-11-5-12(14)3-4-13(11)17/h3-5,9-10,15,17H,6-8H2,1-2H3. The Morgan fingerprint density at radius 3 is 3.00 bits per heavy atom. The first-order valence-electron chi connectivity index (χ1n) is 6.01. The third kappa shape index (κ3) is 3.21. The van der Waals surface area contributed by atoms with Gasteiger partial charge in [0.1, 0.15) is 5.75 Å². The fourth-order valence-electron chi connectivity index (χ4n) is 2.22. The molecular weight excluding hydrogens is 280 g/mol. The van der Waals surface area contributed by atoms with E-state index < -0.39 is 0 Å². The van der Waals surface area contributed by atoms with Crippen LogP contribution in [0.25, 0.3) is 0 Å². The van der Waals surface area contributed by atoms with Crippen LogP contribution in [0.2, 0.25) is 0 Å². The van der Waals surface area contributed by atoms with E-state index in [1.807, 2.05) is 12.1 Å². The van der Waals surface area contributed by atoms with Crippen molar-refractivity contribution < 1.29 is 5.11 Å². The molecule has 0 radical (unpaired) electrons. The molecule has 2 atom stereocenters. The summed E-state index contributed by atoms with van der Waals surface area (Å²) in [6.45, 7) is 7.25. The van der Waals surface area contributed by atoms with Crippen LogP contribution in [0.4, 0.5) is 0 Å². The summed E-state index contributed by atoms with van der Waals surface area (Å²) in [5.74, 6) is 0.381. The summed E-state index contributed by atoms with van der Waals surface area (Å²) in [6, 6.07) is 6.62. The predicted molar refractivity (Wildman–Crippen MR) is 73.1 cm³/mol. The SMILES string of the molecule is CC1CN(Cc2cc(Br)ccc2O)C(C)CN1. The number of nitrogens with zero attached hydrogens (tertiary/aromatic N) is 1. The second-order valence-corrected chi connectivity index (χ2v) is 5.78. The molecule has 2 N–H and O–H groups in total. The highest BCUT2D eigenvalue weighted by Gasteiger charge is 2.22. The van der Waals surface area contributed by atoms with E-state index in [1.54, 1.807) is 6.07 Å². The van der Waals surface area contributed by atoms with Gasteiger partial charge in [-0.1, -0.05) is 15.9 Å². The van der Waals surface area contributed by atoms with Crippen molar-refractivity contribution in [1.82, 2.24) is 10.2 Å². The Labute approximate surface area is 111 Å². The normalized spacial score (nSPS) is 26.1. The summed E-state index contributed by atoms with van der Waals surface area (Å²) in [5.41, 5.74) is 0.986. The second kappa shape index (κ2) is 5.38.